The molecule has 1 unspecified atom stereocenters. The molecule has 0 saturated heterocycles. The quantitative estimate of drug-likeness (QED) is 0.426. The van der Waals surface area contributed by atoms with Crippen LogP contribution in [0.4, 0.5) is 0 Å². The fraction of sp³-hybridized carbons (Fsp3) is 0.704. The maximum absolute atomic E-state index is 11.0. The molecule has 7 atom stereocenters. The van der Waals surface area contributed by atoms with Gasteiger partial charge >= 0.3 is 0 Å². The lowest BCUT2D eigenvalue weighted by atomic mass is 9.47. The number of hydrogen-bond acceptors (Lipinski definition) is 2. The molecule has 4 aliphatic carbocycles. The predicted octanol–water partition coefficient (Wildman–Crippen LogP) is 7.03. The third-order valence-electron chi connectivity index (χ3n) is 9.55. The van der Waals surface area contributed by atoms with Crippen molar-refractivity contribution in [3.8, 4) is 0 Å². The Morgan fingerprint density at radius 1 is 1.07 bits per heavy atom. The number of benzene rings is 1. The molecule has 0 bridgehead atoms. The van der Waals surface area contributed by atoms with E-state index in [2.05, 4.69) is 51.1 Å². The van der Waals surface area contributed by atoms with E-state index in [4.69, 9.17) is 0 Å². The molecule has 4 aliphatic rings. The van der Waals surface area contributed by atoms with Crippen LogP contribution in [0, 0.1) is 41.4 Å². The van der Waals surface area contributed by atoms with Crippen molar-refractivity contribution >= 4 is 11.8 Å². The number of aliphatic hydroxyl groups is 1. The summed E-state index contributed by atoms with van der Waals surface area (Å²) in [6.45, 7) is 7.31. The standard InChI is InChI=1S/C27H38OS/c1-18-6-9-21(10-7-18)29-17-19-16-27(3)20(15-25(19)28)8-11-22-23-5-4-13-26(23,2)14-12-24(22)27/h6-10,19,22-25,28H,4-5,11-17H2,1-3H3/t19?,22-,23-,24-,25+,26-,27-/m0/s1. The summed E-state index contributed by atoms with van der Waals surface area (Å²) in [5, 5.41) is 11.0. The highest BCUT2D eigenvalue weighted by Gasteiger charge is 2.56. The third kappa shape index (κ3) is 3.43. The van der Waals surface area contributed by atoms with E-state index in [-0.39, 0.29) is 6.10 Å². The van der Waals surface area contributed by atoms with Gasteiger partial charge < -0.3 is 5.11 Å². The minimum Gasteiger partial charge on any atom is -0.392 e. The van der Waals surface area contributed by atoms with Gasteiger partial charge in [-0.3, -0.25) is 0 Å². The lowest BCUT2D eigenvalue weighted by Gasteiger charge is -2.58. The summed E-state index contributed by atoms with van der Waals surface area (Å²) in [5.74, 6) is 4.15. The van der Waals surface area contributed by atoms with E-state index in [1.165, 1.54) is 55.4 Å². The topological polar surface area (TPSA) is 20.2 Å². The summed E-state index contributed by atoms with van der Waals surface area (Å²) in [7, 11) is 0. The number of fused-ring (bicyclic) bond motifs is 5. The second-order valence-corrected chi connectivity index (χ2v) is 12.3. The molecule has 0 radical (unpaired) electrons. The number of rotatable bonds is 3. The third-order valence-corrected chi connectivity index (χ3v) is 10.8. The molecule has 158 valence electrons. The Balaban J connectivity index is 1.34. The summed E-state index contributed by atoms with van der Waals surface area (Å²) in [4.78, 5) is 1.34. The first kappa shape index (κ1) is 20.2. The molecule has 0 heterocycles. The van der Waals surface area contributed by atoms with Crippen molar-refractivity contribution in [3.63, 3.8) is 0 Å². The van der Waals surface area contributed by atoms with E-state index in [9.17, 15) is 5.11 Å². The molecular formula is C27H38OS. The van der Waals surface area contributed by atoms with E-state index in [0.717, 1.165) is 29.9 Å². The second kappa shape index (κ2) is 7.45. The Hall–Kier alpha value is -0.730. The van der Waals surface area contributed by atoms with Crippen LogP contribution in [0.5, 0.6) is 0 Å². The minimum absolute atomic E-state index is 0.163. The highest BCUT2D eigenvalue weighted by Crippen LogP contribution is 2.65. The largest absolute Gasteiger partial charge is 0.392 e. The summed E-state index contributed by atoms with van der Waals surface area (Å²) in [6.07, 6.45) is 13.0. The van der Waals surface area contributed by atoms with Gasteiger partial charge in [-0.2, -0.15) is 0 Å². The molecule has 3 saturated carbocycles. The monoisotopic (exact) mass is 410 g/mol. The molecule has 1 N–H and O–H groups in total. The average molecular weight is 411 g/mol. The van der Waals surface area contributed by atoms with Gasteiger partial charge in [0.1, 0.15) is 0 Å². The van der Waals surface area contributed by atoms with Crippen LogP contribution in [0.25, 0.3) is 0 Å². The number of aryl methyl sites for hydroxylation is 1. The summed E-state index contributed by atoms with van der Waals surface area (Å²) >= 11 is 1.94. The van der Waals surface area contributed by atoms with Gasteiger partial charge in [0.25, 0.3) is 0 Å². The minimum atomic E-state index is -0.163. The van der Waals surface area contributed by atoms with Gasteiger partial charge in [-0.05, 0) is 98.5 Å². The van der Waals surface area contributed by atoms with Gasteiger partial charge in [-0.25, -0.2) is 0 Å². The SMILES string of the molecule is Cc1ccc(SCC2C[C@@]3(C)C(=CC[C@H]4[C@@H]5CCC[C@@]5(C)CC[C@@H]43)C[C@H]2O)cc1. The smallest absolute Gasteiger partial charge is 0.0614 e. The molecule has 29 heavy (non-hydrogen) atoms. The molecule has 1 nitrogen and oxygen atoms in total. The lowest BCUT2D eigenvalue weighted by molar-refractivity contribution is -0.0492. The van der Waals surface area contributed by atoms with E-state index in [0.29, 0.717) is 16.7 Å². The highest BCUT2D eigenvalue weighted by atomic mass is 32.2. The lowest BCUT2D eigenvalue weighted by Crippen LogP contribution is -2.51. The Bertz CT molecular complexity index is 782. The van der Waals surface area contributed by atoms with Crippen molar-refractivity contribution in [1.29, 1.82) is 0 Å². The molecule has 0 aromatic heterocycles. The molecule has 2 heteroatoms. The van der Waals surface area contributed by atoms with Gasteiger partial charge in [-0.15, -0.1) is 11.8 Å². The van der Waals surface area contributed by atoms with Crippen LogP contribution in [0.2, 0.25) is 0 Å². The zero-order valence-corrected chi connectivity index (χ0v) is 19.3. The molecule has 0 amide bonds. The fourth-order valence-corrected chi connectivity index (χ4v) is 8.90. The highest BCUT2D eigenvalue weighted by molar-refractivity contribution is 7.99. The van der Waals surface area contributed by atoms with Gasteiger partial charge in [0, 0.05) is 10.6 Å². The van der Waals surface area contributed by atoms with Crippen LogP contribution in [0.1, 0.15) is 70.8 Å². The number of thioether (sulfide) groups is 1. The number of allylic oxidation sites excluding steroid dienone is 1. The van der Waals surface area contributed by atoms with E-state index < -0.39 is 0 Å². The molecular weight excluding hydrogens is 372 g/mol. The first-order valence-electron chi connectivity index (χ1n) is 12.0. The van der Waals surface area contributed by atoms with Crippen molar-refractivity contribution in [3.05, 3.63) is 41.5 Å². The maximum Gasteiger partial charge on any atom is 0.0614 e. The number of aliphatic hydroxyl groups excluding tert-OH is 1. The Morgan fingerprint density at radius 2 is 1.86 bits per heavy atom. The first-order chi connectivity index (χ1) is 13.9. The van der Waals surface area contributed by atoms with Crippen LogP contribution in [0.3, 0.4) is 0 Å². The van der Waals surface area contributed by atoms with Crippen LogP contribution < -0.4 is 0 Å². The molecule has 0 aliphatic heterocycles. The molecule has 1 aromatic carbocycles. The van der Waals surface area contributed by atoms with Crippen LogP contribution in [-0.4, -0.2) is 17.0 Å². The van der Waals surface area contributed by atoms with Gasteiger partial charge in [0.2, 0.25) is 0 Å². The van der Waals surface area contributed by atoms with Crippen molar-refractivity contribution in [2.45, 2.75) is 83.1 Å². The van der Waals surface area contributed by atoms with Crippen molar-refractivity contribution in [2.75, 3.05) is 5.75 Å². The van der Waals surface area contributed by atoms with E-state index >= 15 is 0 Å². The first-order valence-corrected chi connectivity index (χ1v) is 12.9. The van der Waals surface area contributed by atoms with Crippen molar-refractivity contribution < 1.29 is 5.11 Å². The summed E-state index contributed by atoms with van der Waals surface area (Å²) in [5.41, 5.74) is 3.87. The van der Waals surface area contributed by atoms with Gasteiger partial charge in [0.15, 0.2) is 0 Å². The van der Waals surface area contributed by atoms with Crippen LogP contribution in [-0.2, 0) is 0 Å². The van der Waals surface area contributed by atoms with Crippen LogP contribution >= 0.6 is 11.8 Å². The van der Waals surface area contributed by atoms with Crippen molar-refractivity contribution in [2.24, 2.45) is 34.5 Å². The molecule has 1 aromatic rings. The van der Waals surface area contributed by atoms with Gasteiger partial charge in [0.05, 0.1) is 6.10 Å². The number of hydrogen-bond donors (Lipinski definition) is 1. The zero-order chi connectivity index (χ0) is 20.2. The molecule has 3 fully saturated rings. The average Bonchev–Trinajstić information content (AvgIpc) is 3.10. The Labute approximate surface area is 181 Å². The summed E-state index contributed by atoms with van der Waals surface area (Å²) < 4.78 is 0. The maximum atomic E-state index is 11.0. The fourth-order valence-electron chi connectivity index (χ4n) is 7.83. The van der Waals surface area contributed by atoms with E-state index in [1.807, 2.05) is 11.8 Å². The second-order valence-electron chi connectivity index (χ2n) is 11.2. The molecule has 5 rings (SSSR count). The van der Waals surface area contributed by atoms with Crippen LogP contribution in [0.15, 0.2) is 40.8 Å². The summed E-state index contributed by atoms with van der Waals surface area (Å²) in [6, 6.07) is 8.88. The van der Waals surface area contributed by atoms with E-state index in [1.54, 1.807) is 5.57 Å². The molecule has 0 spiro atoms. The zero-order valence-electron chi connectivity index (χ0n) is 18.5. The van der Waals surface area contributed by atoms with Crippen molar-refractivity contribution in [1.82, 2.24) is 0 Å². The Morgan fingerprint density at radius 3 is 2.66 bits per heavy atom. The Kier molecular flexibility index (Phi) is 5.18. The van der Waals surface area contributed by atoms with Gasteiger partial charge in [-0.1, -0.05) is 49.6 Å². The predicted molar refractivity (Wildman–Crippen MR) is 123 cm³/mol. The normalized spacial score (nSPS) is 43.9.